The molecule has 82 valence electrons. The summed E-state index contributed by atoms with van der Waals surface area (Å²) in [7, 11) is 0. The Morgan fingerprint density at radius 1 is 1.71 bits per heavy atom. The number of hydrogen-bond donors (Lipinski definition) is 3. The van der Waals surface area contributed by atoms with Gasteiger partial charge in [-0.05, 0) is 13.3 Å². The van der Waals surface area contributed by atoms with Crippen LogP contribution in [0.3, 0.4) is 0 Å². The molecule has 5 heteroatoms. The first kappa shape index (κ1) is 11.4. The van der Waals surface area contributed by atoms with Gasteiger partial charge in [0.25, 0.3) is 0 Å². The Kier molecular flexibility index (Phi) is 3.86. The number of amides is 1. The molecule has 0 radical (unpaired) electrons. The monoisotopic (exact) mass is 201 g/mol. The van der Waals surface area contributed by atoms with Gasteiger partial charge in [-0.25, -0.2) is 0 Å². The SMILES string of the molecule is CC1(O)CCN(CC(=O)NCCN)C1. The summed E-state index contributed by atoms with van der Waals surface area (Å²) in [5.74, 6) is -0.0202. The van der Waals surface area contributed by atoms with Crippen molar-refractivity contribution >= 4 is 5.91 Å². The zero-order valence-electron chi connectivity index (χ0n) is 8.62. The van der Waals surface area contributed by atoms with E-state index in [0.717, 1.165) is 13.0 Å². The lowest BCUT2D eigenvalue weighted by molar-refractivity contribution is -0.122. The van der Waals surface area contributed by atoms with Gasteiger partial charge in [-0.2, -0.15) is 0 Å². The lowest BCUT2D eigenvalue weighted by Gasteiger charge is -2.18. The molecule has 0 aliphatic carbocycles. The van der Waals surface area contributed by atoms with Crippen LogP contribution in [0.2, 0.25) is 0 Å². The van der Waals surface area contributed by atoms with Crippen molar-refractivity contribution in [3.8, 4) is 0 Å². The van der Waals surface area contributed by atoms with E-state index in [1.807, 2.05) is 4.90 Å². The molecule has 1 saturated heterocycles. The first-order chi connectivity index (χ1) is 6.53. The predicted octanol–water partition coefficient (Wildman–Crippen LogP) is -1.48. The van der Waals surface area contributed by atoms with Gasteiger partial charge in [0.1, 0.15) is 0 Å². The predicted molar refractivity (Wildman–Crippen MR) is 53.7 cm³/mol. The number of nitrogens with zero attached hydrogens (tertiary/aromatic N) is 1. The summed E-state index contributed by atoms with van der Waals surface area (Å²) in [6.45, 7) is 4.49. The van der Waals surface area contributed by atoms with Gasteiger partial charge in [0.15, 0.2) is 0 Å². The molecule has 0 aromatic rings. The smallest absolute Gasteiger partial charge is 0.234 e. The third-order valence-corrected chi connectivity index (χ3v) is 2.36. The van der Waals surface area contributed by atoms with Crippen LogP contribution in [-0.4, -0.2) is 54.2 Å². The van der Waals surface area contributed by atoms with Crippen molar-refractivity contribution in [1.29, 1.82) is 0 Å². The molecule has 0 bridgehead atoms. The minimum absolute atomic E-state index is 0.0202. The molecule has 0 saturated carbocycles. The number of nitrogens with one attached hydrogen (secondary N) is 1. The molecule has 1 aliphatic heterocycles. The maximum Gasteiger partial charge on any atom is 0.234 e. The van der Waals surface area contributed by atoms with E-state index in [9.17, 15) is 9.90 Å². The fourth-order valence-electron chi connectivity index (χ4n) is 1.64. The molecule has 1 amide bonds. The quantitative estimate of drug-likeness (QED) is 0.518. The highest BCUT2D eigenvalue weighted by atomic mass is 16.3. The fourth-order valence-corrected chi connectivity index (χ4v) is 1.64. The fraction of sp³-hybridized carbons (Fsp3) is 0.889. The van der Waals surface area contributed by atoms with Crippen LogP contribution in [0.4, 0.5) is 0 Å². The highest BCUT2D eigenvalue weighted by Crippen LogP contribution is 2.19. The average molecular weight is 201 g/mol. The van der Waals surface area contributed by atoms with Gasteiger partial charge in [-0.15, -0.1) is 0 Å². The minimum Gasteiger partial charge on any atom is -0.389 e. The number of β-amino-alcohol motifs (C(OH)–C–C–N with tert-alkyl or cyclic N) is 1. The molecule has 0 spiro atoms. The second kappa shape index (κ2) is 4.72. The molecular weight excluding hydrogens is 182 g/mol. The first-order valence-corrected chi connectivity index (χ1v) is 4.95. The highest BCUT2D eigenvalue weighted by Gasteiger charge is 2.31. The normalized spacial score (nSPS) is 27.9. The van der Waals surface area contributed by atoms with Gasteiger partial charge in [0.2, 0.25) is 5.91 Å². The van der Waals surface area contributed by atoms with E-state index in [4.69, 9.17) is 5.73 Å². The molecule has 1 fully saturated rings. The lowest BCUT2D eigenvalue weighted by Crippen LogP contribution is -2.39. The molecule has 14 heavy (non-hydrogen) atoms. The summed E-state index contributed by atoms with van der Waals surface area (Å²) in [5, 5.41) is 12.4. The number of likely N-dealkylation sites (tertiary alicyclic amines) is 1. The Balaban J connectivity index is 2.22. The van der Waals surface area contributed by atoms with Crippen molar-refractivity contribution in [3.05, 3.63) is 0 Å². The third kappa shape index (κ3) is 3.61. The highest BCUT2D eigenvalue weighted by molar-refractivity contribution is 5.78. The van der Waals surface area contributed by atoms with Crippen LogP contribution >= 0.6 is 0 Å². The van der Waals surface area contributed by atoms with Crippen molar-refractivity contribution in [3.63, 3.8) is 0 Å². The summed E-state index contributed by atoms with van der Waals surface area (Å²) in [6.07, 6.45) is 0.733. The Bertz CT molecular complexity index is 206. The van der Waals surface area contributed by atoms with Gasteiger partial charge >= 0.3 is 0 Å². The first-order valence-electron chi connectivity index (χ1n) is 4.95. The molecule has 0 aromatic carbocycles. The molecule has 4 N–H and O–H groups in total. The van der Waals surface area contributed by atoms with E-state index in [2.05, 4.69) is 5.32 Å². The van der Waals surface area contributed by atoms with E-state index in [0.29, 0.717) is 26.2 Å². The molecule has 1 heterocycles. The van der Waals surface area contributed by atoms with Crippen molar-refractivity contribution in [2.75, 3.05) is 32.7 Å². The summed E-state index contributed by atoms with van der Waals surface area (Å²) < 4.78 is 0. The van der Waals surface area contributed by atoms with E-state index < -0.39 is 5.60 Å². The number of carbonyl (C=O) groups is 1. The van der Waals surface area contributed by atoms with E-state index in [1.165, 1.54) is 0 Å². The summed E-state index contributed by atoms with van der Waals surface area (Å²) in [6, 6.07) is 0. The Morgan fingerprint density at radius 2 is 2.43 bits per heavy atom. The molecule has 1 atom stereocenters. The minimum atomic E-state index is -0.631. The second-order valence-electron chi connectivity index (χ2n) is 4.10. The maximum absolute atomic E-state index is 11.3. The lowest BCUT2D eigenvalue weighted by atomic mass is 10.1. The van der Waals surface area contributed by atoms with Crippen molar-refractivity contribution in [2.24, 2.45) is 5.73 Å². The Hall–Kier alpha value is -0.650. The van der Waals surface area contributed by atoms with Crippen molar-refractivity contribution in [1.82, 2.24) is 10.2 Å². The van der Waals surface area contributed by atoms with E-state index in [-0.39, 0.29) is 5.91 Å². The number of carbonyl (C=O) groups excluding carboxylic acids is 1. The van der Waals surface area contributed by atoms with Gasteiger partial charge in [0, 0.05) is 26.2 Å². The van der Waals surface area contributed by atoms with Crippen molar-refractivity contribution in [2.45, 2.75) is 18.9 Å². The number of nitrogens with two attached hydrogens (primary N) is 1. The zero-order chi connectivity index (χ0) is 10.6. The average Bonchev–Trinajstić information content (AvgIpc) is 2.42. The van der Waals surface area contributed by atoms with Crippen LogP contribution in [0, 0.1) is 0 Å². The number of rotatable bonds is 4. The van der Waals surface area contributed by atoms with Crippen LogP contribution in [-0.2, 0) is 4.79 Å². The number of aliphatic hydroxyl groups is 1. The molecule has 0 aromatic heterocycles. The van der Waals surface area contributed by atoms with Crippen LogP contribution in [0.1, 0.15) is 13.3 Å². The van der Waals surface area contributed by atoms with Gasteiger partial charge in [-0.1, -0.05) is 0 Å². The van der Waals surface area contributed by atoms with Crippen LogP contribution < -0.4 is 11.1 Å². The topological polar surface area (TPSA) is 78.6 Å². The Labute approximate surface area is 84.3 Å². The standard InChI is InChI=1S/C9H19N3O2/c1-9(14)2-5-12(7-9)6-8(13)11-4-3-10/h14H,2-7,10H2,1H3,(H,11,13). The summed E-state index contributed by atoms with van der Waals surface area (Å²) in [5.41, 5.74) is 4.63. The van der Waals surface area contributed by atoms with Crippen LogP contribution in [0.5, 0.6) is 0 Å². The largest absolute Gasteiger partial charge is 0.389 e. The van der Waals surface area contributed by atoms with Crippen LogP contribution in [0.25, 0.3) is 0 Å². The molecule has 1 rings (SSSR count). The second-order valence-corrected chi connectivity index (χ2v) is 4.10. The zero-order valence-corrected chi connectivity index (χ0v) is 8.62. The third-order valence-electron chi connectivity index (χ3n) is 2.36. The van der Waals surface area contributed by atoms with Crippen LogP contribution in [0.15, 0.2) is 0 Å². The van der Waals surface area contributed by atoms with E-state index >= 15 is 0 Å². The number of hydrogen-bond acceptors (Lipinski definition) is 4. The molecule has 1 aliphatic rings. The van der Waals surface area contributed by atoms with Gasteiger partial charge in [0.05, 0.1) is 12.1 Å². The van der Waals surface area contributed by atoms with Gasteiger partial charge in [-0.3, -0.25) is 9.69 Å². The molecular formula is C9H19N3O2. The Morgan fingerprint density at radius 3 is 2.93 bits per heavy atom. The van der Waals surface area contributed by atoms with Crippen molar-refractivity contribution < 1.29 is 9.90 Å². The maximum atomic E-state index is 11.3. The van der Waals surface area contributed by atoms with E-state index in [1.54, 1.807) is 6.92 Å². The molecule has 5 nitrogen and oxygen atoms in total. The summed E-state index contributed by atoms with van der Waals surface area (Å²) in [4.78, 5) is 13.2. The van der Waals surface area contributed by atoms with Gasteiger partial charge < -0.3 is 16.2 Å². The summed E-state index contributed by atoms with van der Waals surface area (Å²) >= 11 is 0. The molecule has 1 unspecified atom stereocenters.